The summed E-state index contributed by atoms with van der Waals surface area (Å²) in [5.41, 5.74) is 7.52. The van der Waals surface area contributed by atoms with Crippen LogP contribution in [-0.2, 0) is 31.8 Å². The lowest BCUT2D eigenvalue weighted by atomic mass is 9.92. The standard InChI is InChI=1S/C41H41ClN6O4.H2S/c1-26-36(41(51)48(31-10-12-34(49)13-11-31)38-21-32(23-43)44(3)27(38)2)22-39(45(26)4)37-20-30(42)9-14-35(37)40(50)47-24-29-8-6-5-7-28(29)19-33(47)25-46-15-17-52-18-16-46;/h5-14,20-22,33,49H,15-19,24-25H2,1-4H3;1H2/t33-;/m0./s1. The van der Waals surface area contributed by atoms with E-state index in [0.717, 1.165) is 37.3 Å². The van der Waals surface area contributed by atoms with Crippen molar-refractivity contribution in [3.05, 3.63) is 123 Å². The minimum Gasteiger partial charge on any atom is -0.508 e. The van der Waals surface area contributed by atoms with E-state index in [1.807, 2.05) is 42.5 Å². The van der Waals surface area contributed by atoms with Gasteiger partial charge in [-0.05, 0) is 86.0 Å². The van der Waals surface area contributed by atoms with Crippen molar-refractivity contribution >= 4 is 48.3 Å². The van der Waals surface area contributed by atoms with Crippen LogP contribution in [0.25, 0.3) is 11.3 Å². The number of aromatic nitrogens is 2. The number of carbonyl (C=O) groups excluding carboxylic acids is 2. The molecular weight excluding hydrogens is 708 g/mol. The van der Waals surface area contributed by atoms with Crippen LogP contribution >= 0.6 is 25.1 Å². The van der Waals surface area contributed by atoms with Crippen molar-refractivity contribution < 1.29 is 19.4 Å². The number of benzene rings is 3. The minimum absolute atomic E-state index is 0. The number of hydrogen-bond donors (Lipinski definition) is 1. The highest BCUT2D eigenvalue weighted by Crippen LogP contribution is 2.37. The first-order valence-corrected chi connectivity index (χ1v) is 17.8. The largest absolute Gasteiger partial charge is 0.508 e. The van der Waals surface area contributed by atoms with E-state index in [9.17, 15) is 20.0 Å². The summed E-state index contributed by atoms with van der Waals surface area (Å²) in [5.74, 6) is -0.350. The molecule has 1 fully saturated rings. The molecule has 0 radical (unpaired) electrons. The highest BCUT2D eigenvalue weighted by atomic mass is 35.5. The van der Waals surface area contributed by atoms with Crippen LogP contribution in [0.15, 0.2) is 78.9 Å². The molecule has 0 unspecified atom stereocenters. The lowest BCUT2D eigenvalue weighted by molar-refractivity contribution is 0.0193. The number of anilines is 2. The van der Waals surface area contributed by atoms with Crippen LogP contribution in [0.2, 0.25) is 5.02 Å². The Kier molecular flexibility index (Phi) is 11.1. The number of halogens is 1. The zero-order chi connectivity index (χ0) is 36.7. The molecular formula is C41H43ClN6O4S. The predicted molar refractivity (Wildman–Crippen MR) is 211 cm³/mol. The molecule has 1 saturated heterocycles. The van der Waals surface area contributed by atoms with Crippen LogP contribution in [0.5, 0.6) is 5.75 Å². The fraction of sp³-hybridized carbons (Fsp3) is 0.293. The summed E-state index contributed by atoms with van der Waals surface area (Å²) in [5, 5.41) is 20.3. The Balaban J connectivity index is 0.00000481. The van der Waals surface area contributed by atoms with E-state index in [0.29, 0.717) is 69.9 Å². The Morgan fingerprint density at radius 2 is 1.62 bits per heavy atom. The minimum atomic E-state index is -0.323. The number of rotatable bonds is 7. The van der Waals surface area contributed by atoms with Gasteiger partial charge in [-0.25, -0.2) is 0 Å². The summed E-state index contributed by atoms with van der Waals surface area (Å²) in [6.07, 6.45) is 0.754. The summed E-state index contributed by atoms with van der Waals surface area (Å²) in [7, 11) is 3.66. The summed E-state index contributed by atoms with van der Waals surface area (Å²) in [4.78, 5) is 35.5. The van der Waals surface area contributed by atoms with Crippen molar-refractivity contribution in [2.45, 2.75) is 32.9 Å². The third-order valence-corrected chi connectivity index (χ3v) is 10.9. The molecule has 3 aromatic carbocycles. The van der Waals surface area contributed by atoms with E-state index in [4.69, 9.17) is 16.3 Å². The first-order chi connectivity index (χ1) is 25.0. The lowest BCUT2D eigenvalue weighted by Crippen LogP contribution is -2.52. The Morgan fingerprint density at radius 1 is 0.925 bits per heavy atom. The molecule has 0 bridgehead atoms. The van der Waals surface area contributed by atoms with Crippen LogP contribution in [0.3, 0.4) is 0 Å². The third-order valence-electron chi connectivity index (χ3n) is 10.6. The van der Waals surface area contributed by atoms with Crippen molar-refractivity contribution in [1.82, 2.24) is 18.9 Å². The Labute approximate surface area is 321 Å². The number of fused-ring (bicyclic) bond motifs is 1. The van der Waals surface area contributed by atoms with Gasteiger partial charge in [0.05, 0.1) is 24.5 Å². The van der Waals surface area contributed by atoms with Crippen molar-refractivity contribution in [3.8, 4) is 23.1 Å². The molecule has 2 aromatic heterocycles. The zero-order valence-corrected chi connectivity index (χ0v) is 32.0. The number of ether oxygens (including phenoxy) is 1. The average molecular weight is 751 g/mol. The molecule has 2 amide bonds. The summed E-state index contributed by atoms with van der Waals surface area (Å²) in [6, 6.07) is 25.7. The highest BCUT2D eigenvalue weighted by Gasteiger charge is 2.34. The zero-order valence-electron chi connectivity index (χ0n) is 30.3. The Morgan fingerprint density at radius 3 is 2.30 bits per heavy atom. The van der Waals surface area contributed by atoms with Gasteiger partial charge in [0.1, 0.15) is 17.5 Å². The number of carbonyl (C=O) groups is 2. The van der Waals surface area contributed by atoms with Gasteiger partial charge in [-0.15, -0.1) is 0 Å². The number of amides is 2. The molecule has 0 spiro atoms. The normalized spacial score (nSPS) is 15.7. The number of morpholine rings is 1. The van der Waals surface area contributed by atoms with Crippen LogP contribution in [-0.4, -0.2) is 74.7 Å². The van der Waals surface area contributed by atoms with E-state index >= 15 is 0 Å². The molecule has 53 heavy (non-hydrogen) atoms. The Hall–Kier alpha value is -4.99. The molecule has 7 rings (SSSR count). The fourth-order valence-electron chi connectivity index (χ4n) is 7.42. The number of nitriles is 1. The molecule has 274 valence electrons. The van der Waals surface area contributed by atoms with E-state index in [1.165, 1.54) is 17.7 Å². The van der Waals surface area contributed by atoms with Gasteiger partial charge in [0.15, 0.2) is 0 Å². The lowest BCUT2D eigenvalue weighted by Gasteiger charge is -2.40. The predicted octanol–water partition coefficient (Wildman–Crippen LogP) is 6.87. The molecule has 1 atom stereocenters. The van der Waals surface area contributed by atoms with Gasteiger partial charge in [0.25, 0.3) is 11.8 Å². The molecule has 0 aliphatic carbocycles. The number of phenols is 1. The third kappa shape index (κ3) is 7.20. The quantitative estimate of drug-likeness (QED) is 0.195. The molecule has 0 saturated carbocycles. The first-order valence-electron chi connectivity index (χ1n) is 17.4. The van der Waals surface area contributed by atoms with Gasteiger partial charge < -0.3 is 23.9 Å². The monoisotopic (exact) mass is 750 g/mol. The van der Waals surface area contributed by atoms with Crippen molar-refractivity contribution in [2.75, 3.05) is 37.7 Å². The summed E-state index contributed by atoms with van der Waals surface area (Å²) < 4.78 is 9.26. The van der Waals surface area contributed by atoms with E-state index in [2.05, 4.69) is 29.2 Å². The average Bonchev–Trinajstić information content (AvgIpc) is 3.61. The number of aromatic hydroxyl groups is 1. The second kappa shape index (κ2) is 15.5. The topological polar surface area (TPSA) is 107 Å². The molecule has 10 nitrogen and oxygen atoms in total. The van der Waals surface area contributed by atoms with Crippen LogP contribution < -0.4 is 4.90 Å². The number of phenolic OH excluding ortho intramolecular Hbond substituents is 1. The maximum Gasteiger partial charge on any atom is 0.264 e. The van der Waals surface area contributed by atoms with Crippen molar-refractivity contribution in [3.63, 3.8) is 0 Å². The van der Waals surface area contributed by atoms with Crippen LogP contribution in [0.4, 0.5) is 11.4 Å². The molecule has 1 N–H and O–H groups in total. The fourth-order valence-corrected chi connectivity index (χ4v) is 7.59. The second-order valence-corrected chi connectivity index (χ2v) is 14.0. The molecule has 2 aliphatic rings. The summed E-state index contributed by atoms with van der Waals surface area (Å²) in [6.45, 7) is 7.98. The maximum absolute atomic E-state index is 14.8. The summed E-state index contributed by atoms with van der Waals surface area (Å²) >= 11 is 6.64. The highest BCUT2D eigenvalue weighted by molar-refractivity contribution is 7.59. The van der Waals surface area contributed by atoms with E-state index in [-0.39, 0.29) is 37.1 Å². The Bertz CT molecular complexity index is 2220. The molecule has 2 aliphatic heterocycles. The van der Waals surface area contributed by atoms with Crippen LogP contribution in [0, 0.1) is 25.2 Å². The van der Waals surface area contributed by atoms with Gasteiger partial charge in [-0.3, -0.25) is 19.4 Å². The first kappa shape index (κ1) is 37.8. The van der Waals surface area contributed by atoms with Gasteiger partial charge in [-0.1, -0.05) is 35.9 Å². The molecule has 12 heteroatoms. The van der Waals surface area contributed by atoms with Crippen molar-refractivity contribution in [2.24, 2.45) is 14.1 Å². The number of nitrogens with zero attached hydrogens (tertiary/aromatic N) is 6. The molecule has 4 heterocycles. The van der Waals surface area contributed by atoms with Gasteiger partial charge in [0.2, 0.25) is 0 Å². The van der Waals surface area contributed by atoms with Crippen molar-refractivity contribution in [1.29, 1.82) is 5.26 Å². The maximum atomic E-state index is 14.8. The molecule has 5 aromatic rings. The van der Waals surface area contributed by atoms with Gasteiger partial charge >= 0.3 is 0 Å². The SMILES string of the molecule is Cc1c(N(C(=O)c2cc(-c3cc(Cl)ccc3C(=O)N3Cc4ccccc4C[C@H]3CN3CCOCC3)n(C)c2C)c2ccc(O)cc2)cc(C#N)n1C.S. The van der Waals surface area contributed by atoms with Crippen LogP contribution in [0.1, 0.15) is 48.9 Å². The van der Waals surface area contributed by atoms with Gasteiger partial charge in [0, 0.05) is 85.2 Å². The van der Waals surface area contributed by atoms with E-state index in [1.54, 1.807) is 52.9 Å². The van der Waals surface area contributed by atoms with E-state index < -0.39 is 0 Å². The smallest absolute Gasteiger partial charge is 0.264 e. The second-order valence-electron chi connectivity index (χ2n) is 13.6. The number of hydrogen-bond acceptors (Lipinski definition) is 6. The van der Waals surface area contributed by atoms with Gasteiger partial charge in [-0.2, -0.15) is 18.8 Å².